The van der Waals surface area contributed by atoms with Gasteiger partial charge >= 0.3 is 5.97 Å². The normalized spacial score (nSPS) is 12.1. The third kappa shape index (κ3) is 6.32. The zero-order valence-electron chi connectivity index (χ0n) is 20.3. The second kappa shape index (κ2) is 11.0. The van der Waals surface area contributed by atoms with Gasteiger partial charge in [0.2, 0.25) is 0 Å². The molecule has 0 aliphatic carbocycles. The van der Waals surface area contributed by atoms with Gasteiger partial charge in [0.1, 0.15) is 23.0 Å². The minimum atomic E-state index is -0.789. The summed E-state index contributed by atoms with van der Waals surface area (Å²) in [6.45, 7) is 5.43. The maximum absolute atomic E-state index is 14.0. The minimum Gasteiger partial charge on any atom is -0.482 e. The quantitative estimate of drug-likeness (QED) is 0.187. The molecule has 0 amide bonds. The standard InChI is InChI=1S/C30H27F2O3S/c1-21-9-11-22(12-10-21)30(2,3)35-29(33)20-34-25-13-15-27(16-14-25)36(26-7-5-4-6-8-26)28-18-23(31)17-24(32)19-28/h4-19H,20H2,1-3H3/q+1. The maximum Gasteiger partial charge on any atom is 0.345 e. The Labute approximate surface area is 213 Å². The first-order valence-corrected chi connectivity index (χ1v) is 12.7. The van der Waals surface area contributed by atoms with Crippen LogP contribution in [0.15, 0.2) is 112 Å². The molecule has 4 aromatic rings. The van der Waals surface area contributed by atoms with Crippen LogP contribution in [0.1, 0.15) is 25.0 Å². The summed E-state index contributed by atoms with van der Waals surface area (Å²) in [4.78, 5) is 14.8. The number of hydrogen-bond acceptors (Lipinski definition) is 3. The highest BCUT2D eigenvalue weighted by atomic mass is 32.2. The molecule has 0 radical (unpaired) electrons. The van der Waals surface area contributed by atoms with Crippen molar-refractivity contribution in [2.75, 3.05) is 6.61 Å². The molecule has 1 unspecified atom stereocenters. The van der Waals surface area contributed by atoms with E-state index in [1.165, 1.54) is 12.1 Å². The van der Waals surface area contributed by atoms with Gasteiger partial charge in [0.05, 0.1) is 10.9 Å². The summed E-state index contributed by atoms with van der Waals surface area (Å²) in [5.41, 5.74) is 1.24. The molecule has 184 valence electrons. The highest BCUT2D eigenvalue weighted by molar-refractivity contribution is 7.97. The second-order valence-corrected chi connectivity index (χ2v) is 10.9. The number of carbonyl (C=O) groups excluding carboxylic acids is 1. The lowest BCUT2D eigenvalue weighted by atomic mass is 9.97. The molecule has 0 aliphatic rings. The number of carbonyl (C=O) groups is 1. The van der Waals surface area contributed by atoms with Gasteiger partial charge < -0.3 is 9.47 Å². The number of hydrogen-bond donors (Lipinski definition) is 0. The van der Waals surface area contributed by atoms with Crippen molar-refractivity contribution in [3.05, 3.63) is 120 Å². The van der Waals surface area contributed by atoms with Gasteiger partial charge in [-0.1, -0.05) is 48.0 Å². The molecule has 0 saturated carbocycles. The Morgan fingerprint density at radius 3 is 1.97 bits per heavy atom. The van der Waals surface area contributed by atoms with Crippen molar-refractivity contribution in [3.8, 4) is 5.75 Å². The monoisotopic (exact) mass is 505 g/mol. The Morgan fingerprint density at radius 2 is 1.36 bits per heavy atom. The third-order valence-electron chi connectivity index (χ3n) is 5.58. The predicted molar refractivity (Wildman–Crippen MR) is 137 cm³/mol. The first-order valence-electron chi connectivity index (χ1n) is 11.5. The second-order valence-electron chi connectivity index (χ2n) is 8.83. The van der Waals surface area contributed by atoms with Crippen molar-refractivity contribution < 1.29 is 23.0 Å². The summed E-state index contributed by atoms with van der Waals surface area (Å²) in [7, 11) is -0.720. The maximum atomic E-state index is 14.0. The van der Waals surface area contributed by atoms with Crippen molar-refractivity contribution in [2.45, 2.75) is 41.1 Å². The molecule has 6 heteroatoms. The topological polar surface area (TPSA) is 35.5 Å². The molecule has 0 N–H and O–H groups in total. The fraction of sp³-hybridized carbons (Fsp3) is 0.167. The Hall–Kier alpha value is -3.64. The lowest BCUT2D eigenvalue weighted by Crippen LogP contribution is -2.28. The van der Waals surface area contributed by atoms with Crippen molar-refractivity contribution in [3.63, 3.8) is 0 Å². The van der Waals surface area contributed by atoms with Crippen LogP contribution in [0.2, 0.25) is 0 Å². The average Bonchev–Trinajstić information content (AvgIpc) is 2.84. The van der Waals surface area contributed by atoms with Crippen molar-refractivity contribution in [1.29, 1.82) is 0 Å². The van der Waals surface area contributed by atoms with E-state index in [0.717, 1.165) is 27.0 Å². The molecule has 0 saturated heterocycles. The molecule has 1 atom stereocenters. The van der Waals surface area contributed by atoms with Crippen LogP contribution in [-0.2, 0) is 26.0 Å². The molecular formula is C30H27F2O3S+. The number of halogens is 2. The molecule has 3 nitrogen and oxygen atoms in total. The summed E-state index contributed by atoms with van der Waals surface area (Å²) < 4.78 is 39.3. The molecule has 4 rings (SSSR count). The van der Waals surface area contributed by atoms with Crippen LogP contribution in [0.5, 0.6) is 5.75 Å². The highest BCUT2D eigenvalue weighted by Gasteiger charge is 2.30. The summed E-state index contributed by atoms with van der Waals surface area (Å²) in [6.07, 6.45) is 0. The lowest BCUT2D eigenvalue weighted by molar-refractivity contribution is -0.159. The Morgan fingerprint density at radius 1 is 0.778 bits per heavy atom. The van der Waals surface area contributed by atoms with Gasteiger partial charge in [-0.3, -0.25) is 0 Å². The number of benzene rings is 4. The molecule has 0 aliphatic heterocycles. The van der Waals surface area contributed by atoms with E-state index in [1.807, 2.05) is 87.5 Å². The van der Waals surface area contributed by atoms with Gasteiger partial charge in [-0.25, -0.2) is 13.6 Å². The molecule has 36 heavy (non-hydrogen) atoms. The van der Waals surface area contributed by atoms with Crippen molar-refractivity contribution >= 4 is 16.9 Å². The molecule has 4 aromatic carbocycles. The third-order valence-corrected chi connectivity index (χ3v) is 7.78. The fourth-order valence-corrected chi connectivity index (χ4v) is 5.87. The first-order chi connectivity index (χ1) is 17.2. The van der Waals surface area contributed by atoms with E-state index in [9.17, 15) is 13.6 Å². The largest absolute Gasteiger partial charge is 0.482 e. The molecule has 0 aromatic heterocycles. The number of rotatable bonds is 8. The summed E-state index contributed by atoms with van der Waals surface area (Å²) >= 11 is 0. The van der Waals surface area contributed by atoms with Crippen LogP contribution in [0.3, 0.4) is 0 Å². The number of aryl methyl sites for hydroxylation is 1. The zero-order chi connectivity index (χ0) is 25.7. The Bertz CT molecular complexity index is 1300. The van der Waals surface area contributed by atoms with Gasteiger partial charge in [0.15, 0.2) is 21.3 Å². The SMILES string of the molecule is Cc1ccc(C(C)(C)OC(=O)COc2ccc([S+](c3ccccc3)c3cc(F)cc(F)c3)cc2)cc1. The molecule has 0 heterocycles. The van der Waals surface area contributed by atoms with Gasteiger partial charge in [0, 0.05) is 18.2 Å². The van der Waals surface area contributed by atoms with E-state index in [-0.39, 0.29) is 6.61 Å². The summed E-state index contributed by atoms with van der Waals surface area (Å²) in [6, 6.07) is 28.1. The van der Waals surface area contributed by atoms with Gasteiger partial charge in [0.25, 0.3) is 0 Å². The van der Waals surface area contributed by atoms with E-state index in [4.69, 9.17) is 9.47 Å². The number of ether oxygens (including phenoxy) is 2. The van der Waals surface area contributed by atoms with Crippen LogP contribution < -0.4 is 4.74 Å². The van der Waals surface area contributed by atoms with E-state index < -0.39 is 34.1 Å². The van der Waals surface area contributed by atoms with E-state index in [2.05, 4.69) is 0 Å². The minimum absolute atomic E-state index is 0.242. The molecule has 0 fully saturated rings. The van der Waals surface area contributed by atoms with E-state index in [0.29, 0.717) is 10.6 Å². The summed E-state index contributed by atoms with van der Waals surface area (Å²) in [5.74, 6) is -1.23. The van der Waals surface area contributed by atoms with E-state index >= 15 is 0 Å². The highest BCUT2D eigenvalue weighted by Crippen LogP contribution is 2.33. The Kier molecular flexibility index (Phi) is 7.75. The van der Waals surface area contributed by atoms with Crippen molar-refractivity contribution in [2.24, 2.45) is 0 Å². The Balaban J connectivity index is 1.47. The zero-order valence-corrected chi connectivity index (χ0v) is 21.2. The van der Waals surface area contributed by atoms with Gasteiger partial charge in [-0.15, -0.1) is 0 Å². The lowest BCUT2D eigenvalue weighted by Gasteiger charge is -2.25. The molecule has 0 spiro atoms. The van der Waals surface area contributed by atoms with Crippen LogP contribution in [-0.4, -0.2) is 12.6 Å². The smallest absolute Gasteiger partial charge is 0.345 e. The molecule has 0 bridgehead atoms. The van der Waals surface area contributed by atoms with Crippen LogP contribution in [0, 0.1) is 18.6 Å². The first kappa shape index (κ1) is 25.5. The average molecular weight is 506 g/mol. The predicted octanol–water partition coefficient (Wildman–Crippen LogP) is 7.23. The molecular weight excluding hydrogens is 478 g/mol. The van der Waals surface area contributed by atoms with E-state index in [1.54, 1.807) is 12.1 Å². The van der Waals surface area contributed by atoms with Crippen LogP contribution in [0.4, 0.5) is 8.78 Å². The summed E-state index contributed by atoms with van der Waals surface area (Å²) in [5, 5.41) is 0. The van der Waals surface area contributed by atoms with Crippen molar-refractivity contribution in [1.82, 2.24) is 0 Å². The van der Waals surface area contributed by atoms with Gasteiger partial charge in [-0.2, -0.15) is 0 Å². The van der Waals surface area contributed by atoms with Gasteiger partial charge in [-0.05, 0) is 62.7 Å². The fourth-order valence-electron chi connectivity index (χ4n) is 3.75. The van der Waals surface area contributed by atoms with Crippen LogP contribution in [0.25, 0.3) is 0 Å². The van der Waals surface area contributed by atoms with Crippen LogP contribution >= 0.6 is 0 Å². The number of esters is 1.